The summed E-state index contributed by atoms with van der Waals surface area (Å²) in [6, 6.07) is 5.24. The molecule has 0 spiro atoms. The predicted octanol–water partition coefficient (Wildman–Crippen LogP) is 1.62. The van der Waals surface area contributed by atoms with Crippen molar-refractivity contribution < 1.29 is 13.9 Å². The quantitative estimate of drug-likeness (QED) is 0.880. The van der Waals surface area contributed by atoms with Gasteiger partial charge in [-0.3, -0.25) is 4.90 Å². The standard InChI is InChI=1S/C14H21FN2O2/c1-18-12-4-3-5-13(19-2)14(12)11(10-15)17-8-6-16-7-9-17/h3-5,11,16H,6-10H2,1-2H3/t11-/m1/s1. The Bertz CT molecular complexity index is 386. The van der Waals surface area contributed by atoms with E-state index in [2.05, 4.69) is 10.2 Å². The number of benzene rings is 1. The van der Waals surface area contributed by atoms with E-state index in [0.29, 0.717) is 11.5 Å². The molecule has 0 bridgehead atoms. The van der Waals surface area contributed by atoms with E-state index >= 15 is 0 Å². The van der Waals surface area contributed by atoms with Crippen LogP contribution in [0.5, 0.6) is 11.5 Å². The van der Waals surface area contributed by atoms with Gasteiger partial charge in [-0.15, -0.1) is 0 Å². The molecule has 1 aromatic carbocycles. The maximum Gasteiger partial charge on any atom is 0.127 e. The Morgan fingerprint density at radius 2 is 1.79 bits per heavy atom. The molecular weight excluding hydrogens is 247 g/mol. The number of alkyl halides is 1. The van der Waals surface area contributed by atoms with Crippen molar-refractivity contribution in [3.8, 4) is 11.5 Å². The first-order chi connectivity index (χ1) is 9.31. The molecule has 1 N–H and O–H groups in total. The van der Waals surface area contributed by atoms with Crippen molar-refractivity contribution in [2.24, 2.45) is 0 Å². The van der Waals surface area contributed by atoms with E-state index in [-0.39, 0.29) is 6.04 Å². The molecule has 1 aliphatic rings. The Hall–Kier alpha value is -1.33. The van der Waals surface area contributed by atoms with Gasteiger partial charge in [0.05, 0.1) is 25.8 Å². The third-order valence-corrected chi connectivity index (χ3v) is 3.54. The molecule has 106 valence electrons. The van der Waals surface area contributed by atoms with Gasteiger partial charge in [0.1, 0.15) is 18.2 Å². The van der Waals surface area contributed by atoms with E-state index in [4.69, 9.17) is 9.47 Å². The molecule has 0 radical (unpaired) electrons. The summed E-state index contributed by atoms with van der Waals surface area (Å²) in [5.41, 5.74) is 0.803. The minimum absolute atomic E-state index is 0.312. The molecule has 19 heavy (non-hydrogen) atoms. The van der Waals surface area contributed by atoms with Crippen molar-refractivity contribution in [3.05, 3.63) is 23.8 Å². The number of rotatable bonds is 5. The second kappa shape index (κ2) is 6.73. The van der Waals surface area contributed by atoms with E-state index in [0.717, 1.165) is 31.7 Å². The number of ether oxygens (including phenoxy) is 2. The van der Waals surface area contributed by atoms with Gasteiger partial charge in [0.25, 0.3) is 0 Å². The number of nitrogens with zero attached hydrogens (tertiary/aromatic N) is 1. The van der Waals surface area contributed by atoms with Gasteiger partial charge in [0, 0.05) is 26.2 Å². The molecule has 0 saturated carbocycles. The fourth-order valence-corrected chi connectivity index (χ4v) is 2.56. The predicted molar refractivity (Wildman–Crippen MR) is 72.7 cm³/mol. The maximum atomic E-state index is 13.6. The molecule has 1 aromatic rings. The lowest BCUT2D eigenvalue weighted by atomic mass is 10.0. The van der Waals surface area contributed by atoms with Crippen molar-refractivity contribution in [3.63, 3.8) is 0 Å². The van der Waals surface area contributed by atoms with Gasteiger partial charge in [0.15, 0.2) is 0 Å². The first kappa shape index (κ1) is 14.1. The van der Waals surface area contributed by atoms with Crippen molar-refractivity contribution in [2.75, 3.05) is 47.1 Å². The minimum atomic E-state index is -0.448. The average Bonchev–Trinajstić information content (AvgIpc) is 2.49. The Balaban J connectivity index is 2.35. The lowest BCUT2D eigenvalue weighted by Crippen LogP contribution is -2.45. The molecule has 1 saturated heterocycles. The van der Waals surface area contributed by atoms with E-state index in [1.807, 2.05) is 18.2 Å². The van der Waals surface area contributed by atoms with Crippen LogP contribution in [0.2, 0.25) is 0 Å². The molecule has 1 atom stereocenters. The van der Waals surface area contributed by atoms with Gasteiger partial charge in [-0.2, -0.15) is 0 Å². The highest BCUT2D eigenvalue weighted by atomic mass is 19.1. The molecular formula is C14H21FN2O2. The molecule has 1 heterocycles. The summed E-state index contributed by atoms with van der Waals surface area (Å²) >= 11 is 0. The molecule has 2 rings (SSSR count). The Labute approximate surface area is 113 Å². The van der Waals surface area contributed by atoms with Gasteiger partial charge in [-0.05, 0) is 12.1 Å². The number of hydrogen-bond donors (Lipinski definition) is 1. The van der Waals surface area contributed by atoms with Crippen molar-refractivity contribution in [2.45, 2.75) is 6.04 Å². The van der Waals surface area contributed by atoms with Crippen LogP contribution in [0, 0.1) is 0 Å². The van der Waals surface area contributed by atoms with E-state index < -0.39 is 6.67 Å². The van der Waals surface area contributed by atoms with Gasteiger partial charge < -0.3 is 14.8 Å². The highest BCUT2D eigenvalue weighted by Gasteiger charge is 2.27. The lowest BCUT2D eigenvalue weighted by molar-refractivity contribution is 0.142. The van der Waals surface area contributed by atoms with Crippen LogP contribution < -0.4 is 14.8 Å². The summed E-state index contributed by atoms with van der Waals surface area (Å²) in [6.45, 7) is 2.98. The summed E-state index contributed by atoms with van der Waals surface area (Å²) in [6.07, 6.45) is 0. The maximum absolute atomic E-state index is 13.6. The third kappa shape index (κ3) is 2.98. The zero-order valence-electron chi connectivity index (χ0n) is 11.5. The van der Waals surface area contributed by atoms with Crippen molar-refractivity contribution >= 4 is 0 Å². The molecule has 0 unspecified atom stereocenters. The van der Waals surface area contributed by atoms with Gasteiger partial charge in [-0.25, -0.2) is 4.39 Å². The first-order valence-electron chi connectivity index (χ1n) is 6.53. The molecule has 4 nitrogen and oxygen atoms in total. The summed E-state index contributed by atoms with van der Waals surface area (Å²) in [5, 5.41) is 3.28. The second-order valence-corrected chi connectivity index (χ2v) is 4.53. The number of methoxy groups -OCH3 is 2. The summed E-state index contributed by atoms with van der Waals surface area (Å²) in [7, 11) is 3.21. The summed E-state index contributed by atoms with van der Waals surface area (Å²) in [4.78, 5) is 2.14. The normalized spacial score (nSPS) is 18.1. The van der Waals surface area contributed by atoms with Crippen LogP contribution in [0.4, 0.5) is 4.39 Å². The Morgan fingerprint density at radius 1 is 1.21 bits per heavy atom. The van der Waals surface area contributed by atoms with E-state index in [1.54, 1.807) is 14.2 Å². The molecule has 1 aliphatic heterocycles. The Morgan fingerprint density at radius 3 is 2.26 bits per heavy atom. The molecule has 0 amide bonds. The fraction of sp³-hybridized carbons (Fsp3) is 0.571. The van der Waals surface area contributed by atoms with Gasteiger partial charge in [-0.1, -0.05) is 6.07 Å². The monoisotopic (exact) mass is 268 g/mol. The van der Waals surface area contributed by atoms with Crippen LogP contribution in [0.3, 0.4) is 0 Å². The summed E-state index contributed by atoms with van der Waals surface area (Å²) < 4.78 is 24.3. The highest BCUT2D eigenvalue weighted by molar-refractivity contribution is 5.47. The Kier molecular flexibility index (Phi) is 4.99. The third-order valence-electron chi connectivity index (χ3n) is 3.54. The van der Waals surface area contributed by atoms with E-state index in [9.17, 15) is 4.39 Å². The van der Waals surface area contributed by atoms with Crippen LogP contribution in [-0.2, 0) is 0 Å². The highest BCUT2D eigenvalue weighted by Crippen LogP contribution is 2.37. The number of halogens is 1. The molecule has 0 aliphatic carbocycles. The zero-order valence-corrected chi connectivity index (χ0v) is 11.5. The zero-order chi connectivity index (χ0) is 13.7. The molecule has 5 heteroatoms. The molecule has 0 aromatic heterocycles. The minimum Gasteiger partial charge on any atom is -0.496 e. The van der Waals surface area contributed by atoms with Gasteiger partial charge in [0.2, 0.25) is 0 Å². The lowest BCUT2D eigenvalue weighted by Gasteiger charge is -2.34. The second-order valence-electron chi connectivity index (χ2n) is 4.53. The first-order valence-corrected chi connectivity index (χ1v) is 6.53. The number of nitrogens with one attached hydrogen (secondary N) is 1. The van der Waals surface area contributed by atoms with Crippen LogP contribution in [0.25, 0.3) is 0 Å². The van der Waals surface area contributed by atoms with Gasteiger partial charge >= 0.3 is 0 Å². The van der Waals surface area contributed by atoms with Crippen molar-refractivity contribution in [1.82, 2.24) is 10.2 Å². The molecule has 1 fully saturated rings. The van der Waals surface area contributed by atoms with Crippen LogP contribution in [0.1, 0.15) is 11.6 Å². The average molecular weight is 268 g/mol. The van der Waals surface area contributed by atoms with E-state index in [1.165, 1.54) is 0 Å². The number of hydrogen-bond acceptors (Lipinski definition) is 4. The largest absolute Gasteiger partial charge is 0.496 e. The number of piperazine rings is 1. The van der Waals surface area contributed by atoms with Crippen LogP contribution >= 0.6 is 0 Å². The fourth-order valence-electron chi connectivity index (χ4n) is 2.56. The van der Waals surface area contributed by atoms with Crippen molar-refractivity contribution in [1.29, 1.82) is 0 Å². The van der Waals surface area contributed by atoms with Crippen LogP contribution in [0.15, 0.2) is 18.2 Å². The summed E-state index contributed by atoms with van der Waals surface area (Å²) in [5.74, 6) is 1.36. The smallest absolute Gasteiger partial charge is 0.127 e. The topological polar surface area (TPSA) is 33.7 Å². The van der Waals surface area contributed by atoms with Crippen LogP contribution in [-0.4, -0.2) is 52.0 Å². The SMILES string of the molecule is COc1cccc(OC)c1[C@@H](CF)N1CCNCC1.